The highest BCUT2D eigenvalue weighted by molar-refractivity contribution is 6.36. The van der Waals surface area contributed by atoms with E-state index in [1.165, 1.54) is 0 Å². The van der Waals surface area contributed by atoms with Gasteiger partial charge < -0.3 is 5.32 Å². The number of halogens is 2. The number of anilines is 1. The zero-order chi connectivity index (χ0) is 20.4. The van der Waals surface area contributed by atoms with Crippen LogP contribution in [0.25, 0.3) is 16.9 Å². The average molecular weight is 422 g/mol. The molecule has 1 aromatic heterocycles. The van der Waals surface area contributed by atoms with E-state index in [4.69, 9.17) is 23.2 Å². The summed E-state index contributed by atoms with van der Waals surface area (Å²) in [7, 11) is 0. The Balaban J connectivity index is 1.78. The maximum Gasteiger partial charge on any atom is 0.259 e. The minimum atomic E-state index is -0.313. The summed E-state index contributed by atoms with van der Waals surface area (Å²) in [4.78, 5) is 13.1. The molecule has 4 aromatic rings. The van der Waals surface area contributed by atoms with Gasteiger partial charge in [-0.1, -0.05) is 71.2 Å². The van der Waals surface area contributed by atoms with Crippen molar-refractivity contribution in [2.24, 2.45) is 0 Å². The summed E-state index contributed by atoms with van der Waals surface area (Å²) in [5.74, 6) is -0.313. The van der Waals surface area contributed by atoms with Crippen LogP contribution >= 0.6 is 23.2 Å². The minimum absolute atomic E-state index is 0.313. The number of amides is 1. The second-order valence-corrected chi connectivity index (χ2v) is 7.46. The molecule has 144 valence electrons. The van der Waals surface area contributed by atoms with Crippen molar-refractivity contribution in [2.45, 2.75) is 6.92 Å². The number of aromatic nitrogens is 2. The van der Waals surface area contributed by atoms with E-state index >= 15 is 0 Å². The summed E-state index contributed by atoms with van der Waals surface area (Å²) in [6, 6.07) is 22.5. The van der Waals surface area contributed by atoms with Crippen molar-refractivity contribution in [1.82, 2.24) is 9.78 Å². The second-order valence-electron chi connectivity index (χ2n) is 6.62. The lowest BCUT2D eigenvalue weighted by Gasteiger charge is -2.08. The lowest BCUT2D eigenvalue weighted by atomic mass is 10.1. The molecule has 0 aliphatic heterocycles. The van der Waals surface area contributed by atoms with Crippen LogP contribution in [0.4, 0.5) is 5.69 Å². The number of carbonyl (C=O) groups is 1. The van der Waals surface area contributed by atoms with Crippen LogP contribution in [0.3, 0.4) is 0 Å². The molecule has 0 aliphatic rings. The number of para-hydroxylation sites is 1. The predicted molar refractivity (Wildman–Crippen MR) is 118 cm³/mol. The van der Waals surface area contributed by atoms with Crippen LogP contribution in [0.15, 0.2) is 79.0 Å². The molecular formula is C23H17Cl2N3O. The van der Waals surface area contributed by atoms with E-state index in [1.807, 2.05) is 61.5 Å². The summed E-state index contributed by atoms with van der Waals surface area (Å²) in [5, 5.41) is 8.43. The van der Waals surface area contributed by atoms with Crippen molar-refractivity contribution in [3.8, 4) is 16.9 Å². The first-order valence-electron chi connectivity index (χ1n) is 9.00. The van der Waals surface area contributed by atoms with Crippen LogP contribution in [-0.2, 0) is 0 Å². The maximum absolute atomic E-state index is 13.1. The normalized spacial score (nSPS) is 10.7. The highest BCUT2D eigenvalue weighted by atomic mass is 35.5. The first-order valence-corrected chi connectivity index (χ1v) is 9.75. The summed E-state index contributed by atoms with van der Waals surface area (Å²) in [6.07, 6.45) is 1.72. The van der Waals surface area contributed by atoms with Gasteiger partial charge in [0.2, 0.25) is 0 Å². The molecule has 0 atom stereocenters. The Kier molecular flexibility index (Phi) is 5.38. The Bertz CT molecular complexity index is 1170. The Labute approximate surface area is 178 Å². The molecule has 4 nitrogen and oxygen atoms in total. The molecule has 3 aromatic carbocycles. The molecule has 1 N–H and O–H groups in total. The monoisotopic (exact) mass is 421 g/mol. The maximum atomic E-state index is 13.1. The van der Waals surface area contributed by atoms with Gasteiger partial charge >= 0.3 is 0 Å². The number of carbonyl (C=O) groups excluding carboxylic acids is 1. The largest absolute Gasteiger partial charge is 0.320 e. The number of rotatable bonds is 4. The molecule has 1 amide bonds. The summed E-state index contributed by atoms with van der Waals surface area (Å²) in [6.45, 7) is 2.01. The Morgan fingerprint density at radius 1 is 0.966 bits per heavy atom. The SMILES string of the molecule is Cc1ccc(-c2nn(-c3ccccc3)cc2C(=O)Nc2cc(Cl)ccc2Cl)cc1. The van der Waals surface area contributed by atoms with E-state index < -0.39 is 0 Å². The van der Waals surface area contributed by atoms with E-state index in [-0.39, 0.29) is 5.91 Å². The third-order valence-corrected chi connectivity index (χ3v) is 5.05. The number of hydrogen-bond donors (Lipinski definition) is 1. The molecule has 6 heteroatoms. The average Bonchev–Trinajstić information content (AvgIpc) is 3.17. The van der Waals surface area contributed by atoms with E-state index in [1.54, 1.807) is 29.1 Å². The Morgan fingerprint density at radius 2 is 1.69 bits per heavy atom. The van der Waals surface area contributed by atoms with E-state index in [9.17, 15) is 4.79 Å². The molecule has 0 spiro atoms. The Hall–Kier alpha value is -3.08. The van der Waals surface area contributed by atoms with Crippen molar-refractivity contribution >= 4 is 34.8 Å². The van der Waals surface area contributed by atoms with Gasteiger partial charge in [-0.2, -0.15) is 5.10 Å². The van der Waals surface area contributed by atoms with Gasteiger partial charge in [-0.3, -0.25) is 4.79 Å². The zero-order valence-electron chi connectivity index (χ0n) is 15.6. The van der Waals surface area contributed by atoms with Gasteiger partial charge in [0.1, 0.15) is 5.69 Å². The van der Waals surface area contributed by atoms with Crippen molar-refractivity contribution in [3.63, 3.8) is 0 Å². The topological polar surface area (TPSA) is 46.9 Å². The van der Waals surface area contributed by atoms with Crippen LogP contribution in [-0.4, -0.2) is 15.7 Å². The number of benzene rings is 3. The summed E-state index contributed by atoms with van der Waals surface area (Å²) in [5.41, 5.74) is 4.33. The zero-order valence-corrected chi connectivity index (χ0v) is 17.1. The number of nitrogens with one attached hydrogen (secondary N) is 1. The predicted octanol–water partition coefficient (Wildman–Crippen LogP) is 6.41. The molecule has 0 saturated heterocycles. The molecule has 0 fully saturated rings. The van der Waals surface area contributed by atoms with Gasteiger partial charge in [-0.15, -0.1) is 0 Å². The smallest absolute Gasteiger partial charge is 0.259 e. The number of nitrogens with zero attached hydrogens (tertiary/aromatic N) is 2. The fourth-order valence-corrected chi connectivity index (χ4v) is 3.30. The molecule has 0 aliphatic carbocycles. The van der Waals surface area contributed by atoms with Crippen LogP contribution in [0, 0.1) is 6.92 Å². The molecule has 0 saturated carbocycles. The van der Waals surface area contributed by atoms with Gasteiger partial charge in [-0.25, -0.2) is 4.68 Å². The van der Waals surface area contributed by atoms with Gasteiger partial charge in [0.25, 0.3) is 5.91 Å². The molecule has 0 radical (unpaired) electrons. The molecule has 0 unspecified atom stereocenters. The van der Waals surface area contributed by atoms with E-state index in [2.05, 4.69) is 10.4 Å². The van der Waals surface area contributed by atoms with Crippen molar-refractivity contribution in [1.29, 1.82) is 0 Å². The van der Waals surface area contributed by atoms with E-state index in [0.29, 0.717) is 27.0 Å². The lowest BCUT2D eigenvalue weighted by Crippen LogP contribution is -2.12. The summed E-state index contributed by atoms with van der Waals surface area (Å²) < 4.78 is 1.70. The minimum Gasteiger partial charge on any atom is -0.320 e. The van der Waals surface area contributed by atoms with Gasteiger partial charge in [0.15, 0.2) is 0 Å². The summed E-state index contributed by atoms with van der Waals surface area (Å²) >= 11 is 12.3. The number of aryl methyl sites for hydroxylation is 1. The van der Waals surface area contributed by atoms with Crippen LogP contribution in [0.2, 0.25) is 10.0 Å². The number of hydrogen-bond acceptors (Lipinski definition) is 2. The second kappa shape index (κ2) is 8.11. The van der Waals surface area contributed by atoms with Crippen molar-refractivity contribution in [3.05, 3.63) is 100 Å². The molecular weight excluding hydrogens is 405 g/mol. The highest BCUT2D eigenvalue weighted by Crippen LogP contribution is 2.28. The molecule has 1 heterocycles. The quantitative estimate of drug-likeness (QED) is 0.413. The Morgan fingerprint density at radius 3 is 2.41 bits per heavy atom. The first kappa shape index (κ1) is 19.2. The van der Waals surface area contributed by atoms with E-state index in [0.717, 1.165) is 16.8 Å². The molecule has 0 bridgehead atoms. The van der Waals surface area contributed by atoms with Gasteiger partial charge in [-0.05, 0) is 37.3 Å². The van der Waals surface area contributed by atoms with Crippen molar-refractivity contribution in [2.75, 3.05) is 5.32 Å². The highest BCUT2D eigenvalue weighted by Gasteiger charge is 2.19. The van der Waals surface area contributed by atoms with Crippen LogP contribution in [0.1, 0.15) is 15.9 Å². The lowest BCUT2D eigenvalue weighted by molar-refractivity contribution is 0.102. The fraction of sp³-hybridized carbons (Fsp3) is 0.0435. The van der Waals surface area contributed by atoms with Gasteiger partial charge in [0.05, 0.1) is 22.0 Å². The van der Waals surface area contributed by atoms with Crippen LogP contribution in [0.5, 0.6) is 0 Å². The molecule has 4 rings (SSSR count). The molecule has 29 heavy (non-hydrogen) atoms. The fourth-order valence-electron chi connectivity index (χ4n) is 2.96. The van der Waals surface area contributed by atoms with Crippen LogP contribution < -0.4 is 5.32 Å². The first-order chi connectivity index (χ1) is 14.0. The van der Waals surface area contributed by atoms with Gasteiger partial charge in [0, 0.05) is 16.8 Å². The third kappa shape index (κ3) is 4.19. The van der Waals surface area contributed by atoms with Crippen molar-refractivity contribution < 1.29 is 4.79 Å². The standard InChI is InChI=1S/C23H17Cl2N3O/c1-15-7-9-16(10-8-15)22-19(14-28(27-22)18-5-3-2-4-6-18)23(29)26-21-13-17(24)11-12-20(21)25/h2-14H,1H3,(H,26,29). The third-order valence-electron chi connectivity index (χ3n) is 4.48.